The SMILES string of the molecule is CC(C)CC(NC(=S)Nc1ccc(C(C)C)cc1)c1ccccc1. The Balaban J connectivity index is 2.02. The van der Waals surface area contributed by atoms with Crippen molar-refractivity contribution in [3.63, 3.8) is 0 Å². The number of rotatable bonds is 6. The number of nitrogens with one attached hydrogen (secondary N) is 2. The van der Waals surface area contributed by atoms with E-state index in [1.807, 2.05) is 6.07 Å². The Morgan fingerprint density at radius 3 is 2.04 bits per heavy atom. The zero-order valence-corrected chi connectivity index (χ0v) is 15.9. The molecule has 1 unspecified atom stereocenters. The highest BCUT2D eigenvalue weighted by Crippen LogP contribution is 2.22. The average Bonchev–Trinajstić information content (AvgIpc) is 2.55. The van der Waals surface area contributed by atoms with E-state index in [9.17, 15) is 0 Å². The maximum atomic E-state index is 5.53. The Morgan fingerprint density at radius 1 is 0.875 bits per heavy atom. The molecule has 3 heteroatoms. The molecule has 2 aromatic rings. The summed E-state index contributed by atoms with van der Waals surface area (Å²) < 4.78 is 0. The normalized spacial score (nSPS) is 12.2. The van der Waals surface area contributed by atoms with Crippen molar-refractivity contribution in [1.82, 2.24) is 5.32 Å². The molecule has 0 radical (unpaired) electrons. The van der Waals surface area contributed by atoms with Crippen LogP contribution < -0.4 is 10.6 Å². The third-order valence-corrected chi connectivity index (χ3v) is 4.27. The first-order chi connectivity index (χ1) is 11.5. The number of hydrogen-bond donors (Lipinski definition) is 2. The van der Waals surface area contributed by atoms with Gasteiger partial charge >= 0.3 is 0 Å². The molecule has 0 aliphatic carbocycles. The second-order valence-electron chi connectivity index (χ2n) is 6.97. The molecule has 2 aromatic carbocycles. The highest BCUT2D eigenvalue weighted by atomic mass is 32.1. The molecule has 0 fully saturated rings. The quantitative estimate of drug-likeness (QED) is 0.642. The molecule has 24 heavy (non-hydrogen) atoms. The molecule has 0 aliphatic heterocycles. The first-order valence-corrected chi connectivity index (χ1v) is 9.09. The lowest BCUT2D eigenvalue weighted by atomic mass is 9.97. The second kappa shape index (κ2) is 8.84. The summed E-state index contributed by atoms with van der Waals surface area (Å²) in [5, 5.41) is 7.44. The summed E-state index contributed by atoms with van der Waals surface area (Å²) in [7, 11) is 0. The van der Waals surface area contributed by atoms with Crippen molar-refractivity contribution in [2.24, 2.45) is 5.92 Å². The zero-order valence-electron chi connectivity index (χ0n) is 15.0. The molecule has 2 rings (SSSR count). The summed E-state index contributed by atoms with van der Waals surface area (Å²) >= 11 is 5.53. The van der Waals surface area contributed by atoms with E-state index >= 15 is 0 Å². The van der Waals surface area contributed by atoms with Crippen LogP contribution >= 0.6 is 12.2 Å². The van der Waals surface area contributed by atoms with E-state index in [2.05, 4.69) is 86.9 Å². The van der Waals surface area contributed by atoms with Crippen LogP contribution in [0.1, 0.15) is 57.2 Å². The molecule has 0 aromatic heterocycles. The summed E-state index contributed by atoms with van der Waals surface area (Å²) in [5.41, 5.74) is 3.63. The van der Waals surface area contributed by atoms with E-state index in [4.69, 9.17) is 12.2 Å². The van der Waals surface area contributed by atoms with Gasteiger partial charge in [0.15, 0.2) is 5.11 Å². The molecule has 1 atom stereocenters. The standard InChI is InChI=1S/C21H28N2S/c1-15(2)14-20(18-8-6-5-7-9-18)23-21(24)22-19-12-10-17(11-13-19)16(3)4/h5-13,15-16,20H,14H2,1-4H3,(H2,22,23,24). The lowest BCUT2D eigenvalue weighted by molar-refractivity contribution is 0.481. The monoisotopic (exact) mass is 340 g/mol. The van der Waals surface area contributed by atoms with Crippen LogP contribution in [0.5, 0.6) is 0 Å². The van der Waals surface area contributed by atoms with Gasteiger partial charge in [-0.05, 0) is 53.7 Å². The van der Waals surface area contributed by atoms with E-state index in [1.54, 1.807) is 0 Å². The maximum Gasteiger partial charge on any atom is 0.171 e. The first-order valence-electron chi connectivity index (χ1n) is 8.68. The number of benzene rings is 2. The van der Waals surface area contributed by atoms with E-state index in [0.29, 0.717) is 16.9 Å². The van der Waals surface area contributed by atoms with Crippen molar-refractivity contribution >= 4 is 23.0 Å². The second-order valence-corrected chi connectivity index (χ2v) is 7.38. The van der Waals surface area contributed by atoms with Gasteiger partial charge < -0.3 is 10.6 Å². The van der Waals surface area contributed by atoms with Crippen molar-refractivity contribution in [2.75, 3.05) is 5.32 Å². The molecule has 0 saturated carbocycles. The minimum absolute atomic E-state index is 0.223. The van der Waals surface area contributed by atoms with Crippen molar-refractivity contribution < 1.29 is 0 Å². The zero-order chi connectivity index (χ0) is 17.5. The minimum atomic E-state index is 0.223. The van der Waals surface area contributed by atoms with Gasteiger partial charge in [0.25, 0.3) is 0 Å². The smallest absolute Gasteiger partial charge is 0.171 e. The molecule has 0 amide bonds. The number of hydrogen-bond acceptors (Lipinski definition) is 1. The Morgan fingerprint density at radius 2 is 1.50 bits per heavy atom. The molecule has 0 aliphatic rings. The van der Waals surface area contributed by atoms with E-state index in [0.717, 1.165) is 12.1 Å². The van der Waals surface area contributed by atoms with Crippen LogP contribution in [0.2, 0.25) is 0 Å². The molecule has 2 nitrogen and oxygen atoms in total. The van der Waals surface area contributed by atoms with E-state index in [-0.39, 0.29) is 6.04 Å². The van der Waals surface area contributed by atoms with Crippen molar-refractivity contribution in [2.45, 2.75) is 46.1 Å². The summed E-state index contributed by atoms with van der Waals surface area (Å²) in [6, 6.07) is 19.2. The van der Waals surface area contributed by atoms with Gasteiger partial charge in [0.05, 0.1) is 6.04 Å². The van der Waals surface area contributed by atoms with Gasteiger partial charge in [-0.2, -0.15) is 0 Å². The van der Waals surface area contributed by atoms with E-state index < -0.39 is 0 Å². The van der Waals surface area contributed by atoms with Crippen LogP contribution in [0.15, 0.2) is 54.6 Å². The molecule has 0 spiro atoms. The first kappa shape index (κ1) is 18.5. The molecule has 0 bridgehead atoms. The Hall–Kier alpha value is -1.87. The third-order valence-electron chi connectivity index (χ3n) is 4.05. The number of anilines is 1. The predicted octanol–water partition coefficient (Wildman–Crippen LogP) is 5.88. The molecule has 128 valence electrons. The van der Waals surface area contributed by atoms with Gasteiger partial charge in [-0.3, -0.25) is 0 Å². The van der Waals surface area contributed by atoms with Crippen LogP contribution in [0.25, 0.3) is 0 Å². The van der Waals surface area contributed by atoms with Crippen LogP contribution in [-0.2, 0) is 0 Å². The predicted molar refractivity (Wildman–Crippen MR) is 109 cm³/mol. The highest BCUT2D eigenvalue weighted by Gasteiger charge is 2.14. The van der Waals surface area contributed by atoms with Crippen molar-refractivity contribution in [3.8, 4) is 0 Å². The van der Waals surface area contributed by atoms with Gasteiger partial charge in [0.2, 0.25) is 0 Å². The highest BCUT2D eigenvalue weighted by molar-refractivity contribution is 7.80. The van der Waals surface area contributed by atoms with Crippen LogP contribution in [0, 0.1) is 5.92 Å². The molecular weight excluding hydrogens is 312 g/mol. The van der Waals surface area contributed by atoms with Gasteiger partial charge in [0.1, 0.15) is 0 Å². The summed E-state index contributed by atoms with van der Waals surface area (Å²) in [6.07, 6.45) is 1.04. The van der Waals surface area contributed by atoms with Crippen molar-refractivity contribution in [1.29, 1.82) is 0 Å². The molecule has 2 N–H and O–H groups in total. The Kier molecular flexibility index (Phi) is 6.80. The maximum absolute atomic E-state index is 5.53. The van der Waals surface area contributed by atoms with E-state index in [1.165, 1.54) is 11.1 Å². The average molecular weight is 341 g/mol. The lowest BCUT2D eigenvalue weighted by Gasteiger charge is -2.23. The van der Waals surface area contributed by atoms with Gasteiger partial charge in [-0.25, -0.2) is 0 Å². The van der Waals surface area contributed by atoms with Crippen LogP contribution in [-0.4, -0.2) is 5.11 Å². The minimum Gasteiger partial charge on any atom is -0.356 e. The molecular formula is C21H28N2S. The molecule has 0 saturated heterocycles. The summed E-state index contributed by atoms with van der Waals surface area (Å²) in [6.45, 7) is 8.87. The fourth-order valence-electron chi connectivity index (χ4n) is 2.71. The fourth-order valence-corrected chi connectivity index (χ4v) is 2.97. The number of thiocarbonyl (C=S) groups is 1. The largest absolute Gasteiger partial charge is 0.356 e. The van der Waals surface area contributed by atoms with Gasteiger partial charge in [-0.1, -0.05) is 70.2 Å². The van der Waals surface area contributed by atoms with Gasteiger partial charge in [0, 0.05) is 5.69 Å². The van der Waals surface area contributed by atoms with Crippen molar-refractivity contribution in [3.05, 3.63) is 65.7 Å². The Labute approximate surface area is 151 Å². The Bertz CT molecular complexity index is 633. The summed E-state index contributed by atoms with van der Waals surface area (Å²) in [4.78, 5) is 0. The third kappa shape index (κ3) is 5.64. The van der Waals surface area contributed by atoms with Crippen LogP contribution in [0.4, 0.5) is 5.69 Å². The summed E-state index contributed by atoms with van der Waals surface area (Å²) in [5.74, 6) is 1.13. The lowest BCUT2D eigenvalue weighted by Crippen LogP contribution is -2.33. The molecule has 0 heterocycles. The van der Waals surface area contributed by atoms with Crippen LogP contribution in [0.3, 0.4) is 0 Å². The fraction of sp³-hybridized carbons (Fsp3) is 0.381. The topological polar surface area (TPSA) is 24.1 Å². The van der Waals surface area contributed by atoms with Gasteiger partial charge in [-0.15, -0.1) is 0 Å².